The third kappa shape index (κ3) is 4.97. The molecule has 4 heteroatoms. The van der Waals surface area contributed by atoms with Crippen LogP contribution in [0.5, 0.6) is 5.75 Å². The van der Waals surface area contributed by atoms with E-state index >= 15 is 0 Å². The lowest BCUT2D eigenvalue weighted by Crippen LogP contribution is -2.25. The highest BCUT2D eigenvalue weighted by atomic mass is 35.5. The Kier molecular flexibility index (Phi) is 6.14. The van der Waals surface area contributed by atoms with E-state index in [1.54, 1.807) is 0 Å². The SMILES string of the molecule is CC(C)NCc1ccc(OCC2CCCCO2)c(Cl)c1. The minimum absolute atomic E-state index is 0.210. The Balaban J connectivity index is 1.85. The highest BCUT2D eigenvalue weighted by Gasteiger charge is 2.15. The molecular weight excluding hydrogens is 274 g/mol. The van der Waals surface area contributed by atoms with Gasteiger partial charge in [0.15, 0.2) is 0 Å². The first-order valence-electron chi connectivity index (χ1n) is 7.41. The van der Waals surface area contributed by atoms with Gasteiger partial charge in [-0.15, -0.1) is 0 Å². The molecule has 1 aliphatic rings. The lowest BCUT2D eigenvalue weighted by Gasteiger charge is -2.23. The molecule has 1 aromatic rings. The number of halogens is 1. The van der Waals surface area contributed by atoms with Gasteiger partial charge in [0, 0.05) is 19.2 Å². The van der Waals surface area contributed by atoms with E-state index in [1.807, 2.05) is 12.1 Å². The van der Waals surface area contributed by atoms with E-state index in [9.17, 15) is 0 Å². The lowest BCUT2D eigenvalue weighted by atomic mass is 10.1. The first-order chi connectivity index (χ1) is 9.65. The van der Waals surface area contributed by atoms with Gasteiger partial charge >= 0.3 is 0 Å². The fourth-order valence-corrected chi connectivity index (χ4v) is 2.47. The molecule has 1 saturated heterocycles. The van der Waals surface area contributed by atoms with Crippen molar-refractivity contribution in [1.82, 2.24) is 5.32 Å². The molecule has 1 aromatic carbocycles. The molecule has 0 spiro atoms. The van der Waals surface area contributed by atoms with Crippen LogP contribution < -0.4 is 10.1 Å². The Labute approximate surface area is 126 Å². The van der Waals surface area contributed by atoms with Gasteiger partial charge in [-0.2, -0.15) is 0 Å². The molecule has 0 amide bonds. The molecule has 1 unspecified atom stereocenters. The van der Waals surface area contributed by atoms with Crippen molar-refractivity contribution in [2.75, 3.05) is 13.2 Å². The maximum Gasteiger partial charge on any atom is 0.138 e. The number of ether oxygens (including phenoxy) is 2. The van der Waals surface area contributed by atoms with E-state index in [0.717, 1.165) is 31.7 Å². The first-order valence-corrected chi connectivity index (χ1v) is 7.79. The van der Waals surface area contributed by atoms with Crippen LogP contribution in [0, 0.1) is 0 Å². The Morgan fingerprint density at radius 2 is 2.25 bits per heavy atom. The van der Waals surface area contributed by atoms with Crippen LogP contribution in [0.3, 0.4) is 0 Å². The standard InChI is InChI=1S/C16H24ClNO2/c1-12(2)18-10-13-6-7-16(15(17)9-13)20-11-14-5-3-4-8-19-14/h6-7,9,12,14,18H,3-5,8,10-11H2,1-2H3. The molecule has 20 heavy (non-hydrogen) atoms. The first kappa shape index (κ1) is 15.6. The van der Waals surface area contributed by atoms with Crippen molar-refractivity contribution >= 4 is 11.6 Å². The summed E-state index contributed by atoms with van der Waals surface area (Å²) in [6.07, 6.45) is 3.67. The lowest BCUT2D eigenvalue weighted by molar-refractivity contribution is -0.0110. The van der Waals surface area contributed by atoms with Crippen LogP contribution in [-0.2, 0) is 11.3 Å². The molecule has 3 nitrogen and oxygen atoms in total. The van der Waals surface area contributed by atoms with Gasteiger partial charge in [0.25, 0.3) is 0 Å². The third-order valence-electron chi connectivity index (χ3n) is 3.41. The van der Waals surface area contributed by atoms with Gasteiger partial charge in [0.05, 0.1) is 11.1 Å². The summed E-state index contributed by atoms with van der Waals surface area (Å²) in [5.74, 6) is 0.745. The summed E-state index contributed by atoms with van der Waals surface area (Å²) in [5.41, 5.74) is 1.17. The predicted molar refractivity (Wildman–Crippen MR) is 82.5 cm³/mol. The van der Waals surface area contributed by atoms with Crippen LogP contribution in [-0.4, -0.2) is 25.4 Å². The van der Waals surface area contributed by atoms with Gasteiger partial charge in [0.2, 0.25) is 0 Å². The van der Waals surface area contributed by atoms with E-state index in [1.165, 1.54) is 12.0 Å². The fourth-order valence-electron chi connectivity index (χ4n) is 2.21. The zero-order valence-electron chi connectivity index (χ0n) is 12.3. The number of nitrogens with one attached hydrogen (secondary N) is 1. The van der Waals surface area contributed by atoms with Crippen LogP contribution in [0.1, 0.15) is 38.7 Å². The van der Waals surface area contributed by atoms with E-state index in [-0.39, 0.29) is 6.10 Å². The average molecular weight is 298 g/mol. The largest absolute Gasteiger partial charge is 0.489 e. The second kappa shape index (κ2) is 7.87. The third-order valence-corrected chi connectivity index (χ3v) is 3.70. The summed E-state index contributed by atoms with van der Waals surface area (Å²) >= 11 is 6.27. The van der Waals surface area contributed by atoms with Gasteiger partial charge in [-0.25, -0.2) is 0 Å². The summed E-state index contributed by atoms with van der Waals surface area (Å²) in [7, 11) is 0. The van der Waals surface area contributed by atoms with Crippen LogP contribution in [0.15, 0.2) is 18.2 Å². The predicted octanol–water partition coefficient (Wildman–Crippen LogP) is 3.79. The number of rotatable bonds is 6. The van der Waals surface area contributed by atoms with E-state index in [0.29, 0.717) is 17.7 Å². The highest BCUT2D eigenvalue weighted by molar-refractivity contribution is 6.32. The minimum atomic E-state index is 0.210. The number of hydrogen-bond donors (Lipinski definition) is 1. The van der Waals surface area contributed by atoms with Gasteiger partial charge in [-0.1, -0.05) is 31.5 Å². The Bertz CT molecular complexity index is 417. The normalized spacial score (nSPS) is 19.3. The number of hydrogen-bond acceptors (Lipinski definition) is 3. The summed E-state index contributed by atoms with van der Waals surface area (Å²) in [6.45, 7) is 6.51. The summed E-state index contributed by atoms with van der Waals surface area (Å²) < 4.78 is 11.4. The molecule has 1 atom stereocenters. The van der Waals surface area contributed by atoms with Crippen LogP contribution in [0.25, 0.3) is 0 Å². The van der Waals surface area contributed by atoms with Crippen molar-refractivity contribution in [3.05, 3.63) is 28.8 Å². The van der Waals surface area contributed by atoms with Gasteiger partial charge in [0.1, 0.15) is 12.4 Å². The van der Waals surface area contributed by atoms with Crippen molar-refractivity contribution in [2.24, 2.45) is 0 Å². The average Bonchev–Trinajstić information content (AvgIpc) is 2.45. The molecular formula is C16H24ClNO2. The van der Waals surface area contributed by atoms with Crippen LogP contribution in [0.2, 0.25) is 5.02 Å². The molecule has 0 saturated carbocycles. The van der Waals surface area contributed by atoms with Crippen molar-refractivity contribution in [3.8, 4) is 5.75 Å². The molecule has 0 bridgehead atoms. The Morgan fingerprint density at radius 1 is 1.40 bits per heavy atom. The molecule has 1 heterocycles. The molecule has 1 aliphatic heterocycles. The van der Waals surface area contributed by atoms with E-state index in [4.69, 9.17) is 21.1 Å². The summed E-state index contributed by atoms with van der Waals surface area (Å²) in [5, 5.41) is 4.04. The Morgan fingerprint density at radius 3 is 2.90 bits per heavy atom. The zero-order valence-corrected chi connectivity index (χ0v) is 13.1. The van der Waals surface area contributed by atoms with E-state index < -0.39 is 0 Å². The molecule has 112 valence electrons. The van der Waals surface area contributed by atoms with Gasteiger partial charge < -0.3 is 14.8 Å². The maximum atomic E-state index is 6.27. The molecule has 0 aliphatic carbocycles. The van der Waals surface area contributed by atoms with E-state index in [2.05, 4.69) is 25.2 Å². The second-order valence-corrected chi connectivity index (χ2v) is 6.01. The van der Waals surface area contributed by atoms with Crippen molar-refractivity contribution in [1.29, 1.82) is 0 Å². The molecule has 1 N–H and O–H groups in total. The smallest absolute Gasteiger partial charge is 0.138 e. The molecule has 0 radical (unpaired) electrons. The minimum Gasteiger partial charge on any atom is -0.489 e. The van der Waals surface area contributed by atoms with Crippen LogP contribution >= 0.6 is 11.6 Å². The van der Waals surface area contributed by atoms with Gasteiger partial charge in [-0.3, -0.25) is 0 Å². The quantitative estimate of drug-likeness (QED) is 0.866. The topological polar surface area (TPSA) is 30.5 Å². The monoisotopic (exact) mass is 297 g/mol. The van der Waals surface area contributed by atoms with Gasteiger partial charge in [-0.05, 0) is 37.0 Å². The van der Waals surface area contributed by atoms with Crippen molar-refractivity contribution in [2.45, 2.75) is 51.8 Å². The fraction of sp³-hybridized carbons (Fsp3) is 0.625. The maximum absolute atomic E-state index is 6.27. The van der Waals surface area contributed by atoms with Crippen molar-refractivity contribution < 1.29 is 9.47 Å². The summed E-state index contributed by atoms with van der Waals surface area (Å²) in [4.78, 5) is 0. The Hall–Kier alpha value is -0.770. The zero-order chi connectivity index (χ0) is 14.4. The number of benzene rings is 1. The van der Waals surface area contributed by atoms with Crippen LogP contribution in [0.4, 0.5) is 0 Å². The molecule has 0 aromatic heterocycles. The molecule has 2 rings (SSSR count). The summed E-state index contributed by atoms with van der Waals surface area (Å²) in [6, 6.07) is 6.43. The second-order valence-electron chi connectivity index (χ2n) is 5.60. The molecule has 1 fully saturated rings. The van der Waals surface area contributed by atoms with Crippen molar-refractivity contribution in [3.63, 3.8) is 0 Å². The highest BCUT2D eigenvalue weighted by Crippen LogP contribution is 2.26.